The van der Waals surface area contributed by atoms with E-state index in [4.69, 9.17) is 0 Å². The maximum absolute atomic E-state index is 11.1. The van der Waals surface area contributed by atoms with Crippen molar-refractivity contribution >= 4 is 5.69 Å². The van der Waals surface area contributed by atoms with Crippen molar-refractivity contribution in [1.82, 2.24) is 14.8 Å². The van der Waals surface area contributed by atoms with Crippen molar-refractivity contribution in [3.63, 3.8) is 0 Å². The van der Waals surface area contributed by atoms with Crippen LogP contribution in [-0.4, -0.2) is 14.8 Å². The number of hydrogen-bond donors (Lipinski definition) is 0. The van der Waals surface area contributed by atoms with E-state index in [1.807, 2.05) is 31.6 Å². The molecule has 1 aliphatic carbocycles. The molecule has 0 spiro atoms. The second-order valence-corrected chi connectivity index (χ2v) is 5.21. The Bertz CT molecular complexity index is 656. The summed E-state index contributed by atoms with van der Waals surface area (Å²) < 4.78 is 1.86. The lowest BCUT2D eigenvalue weighted by Crippen LogP contribution is -2.05. The predicted octanol–water partition coefficient (Wildman–Crippen LogP) is 3.47. The van der Waals surface area contributed by atoms with Crippen molar-refractivity contribution in [3.05, 3.63) is 39.8 Å². The maximum atomic E-state index is 11.1. The fraction of sp³-hybridized carbons (Fsp3) is 0.429. The maximum Gasteiger partial charge on any atom is 0.152 e. The molecule has 0 radical (unpaired) electrons. The lowest BCUT2D eigenvalue weighted by atomic mass is 10.2. The minimum absolute atomic E-state index is 0.411. The molecule has 0 atom stereocenters. The van der Waals surface area contributed by atoms with Gasteiger partial charge in [-0.3, -0.25) is 4.98 Å². The van der Waals surface area contributed by atoms with Crippen LogP contribution in [0.3, 0.4) is 0 Å². The van der Waals surface area contributed by atoms with Crippen LogP contribution in [-0.2, 0) is 0 Å². The zero-order valence-electron chi connectivity index (χ0n) is 11.3. The van der Waals surface area contributed by atoms with Crippen molar-refractivity contribution < 1.29 is 0 Å². The quantitative estimate of drug-likeness (QED) is 0.790. The molecule has 0 bridgehead atoms. The number of aromatic nitrogens is 3. The molecule has 1 aliphatic rings. The van der Waals surface area contributed by atoms with Gasteiger partial charge in [0.25, 0.3) is 0 Å². The van der Waals surface area contributed by atoms with Crippen LogP contribution in [0.4, 0.5) is 5.69 Å². The molecule has 98 valence electrons. The van der Waals surface area contributed by atoms with Crippen LogP contribution in [0.2, 0.25) is 0 Å². The zero-order chi connectivity index (χ0) is 13.6. The number of pyridine rings is 1. The minimum atomic E-state index is 0.411. The van der Waals surface area contributed by atoms with Crippen LogP contribution >= 0.6 is 0 Å². The SMILES string of the molecule is Cc1cnc(C)c(-n2nc(C)c(N=O)c2C2CC2)c1. The third-order valence-electron chi connectivity index (χ3n) is 3.54. The molecule has 1 fully saturated rings. The van der Waals surface area contributed by atoms with E-state index in [1.165, 1.54) is 0 Å². The average molecular weight is 256 g/mol. The van der Waals surface area contributed by atoms with E-state index in [0.29, 0.717) is 17.3 Å². The van der Waals surface area contributed by atoms with Crippen LogP contribution in [0.25, 0.3) is 5.69 Å². The molecule has 0 N–H and O–H groups in total. The van der Waals surface area contributed by atoms with Gasteiger partial charge in [0.15, 0.2) is 5.69 Å². The minimum Gasteiger partial charge on any atom is -0.259 e. The van der Waals surface area contributed by atoms with Gasteiger partial charge >= 0.3 is 0 Å². The molecule has 19 heavy (non-hydrogen) atoms. The van der Waals surface area contributed by atoms with E-state index in [0.717, 1.165) is 35.5 Å². The highest BCUT2D eigenvalue weighted by Gasteiger charge is 2.33. The molecular weight excluding hydrogens is 240 g/mol. The summed E-state index contributed by atoms with van der Waals surface area (Å²) in [6.45, 7) is 5.79. The fourth-order valence-electron chi connectivity index (χ4n) is 2.39. The molecule has 0 unspecified atom stereocenters. The smallest absolute Gasteiger partial charge is 0.152 e. The molecule has 1 saturated carbocycles. The highest BCUT2D eigenvalue weighted by molar-refractivity contribution is 5.54. The summed E-state index contributed by atoms with van der Waals surface area (Å²) in [5.41, 5.74) is 5.08. The molecule has 0 aromatic carbocycles. The average Bonchev–Trinajstić information content (AvgIpc) is 3.16. The Balaban J connectivity index is 2.24. The Morgan fingerprint density at radius 3 is 2.63 bits per heavy atom. The van der Waals surface area contributed by atoms with Crippen molar-refractivity contribution in [3.8, 4) is 5.69 Å². The summed E-state index contributed by atoms with van der Waals surface area (Å²) in [7, 11) is 0. The van der Waals surface area contributed by atoms with E-state index in [-0.39, 0.29) is 0 Å². The first-order valence-corrected chi connectivity index (χ1v) is 6.48. The Hall–Kier alpha value is -2.04. The Kier molecular flexibility index (Phi) is 2.69. The van der Waals surface area contributed by atoms with Gasteiger partial charge in [0.1, 0.15) is 0 Å². The number of nitroso groups, excluding NO2 is 1. The van der Waals surface area contributed by atoms with Crippen molar-refractivity contribution in [1.29, 1.82) is 0 Å². The second kappa shape index (κ2) is 4.26. The fourth-order valence-corrected chi connectivity index (χ4v) is 2.39. The normalized spacial score (nSPS) is 14.7. The van der Waals surface area contributed by atoms with E-state index in [2.05, 4.69) is 21.3 Å². The third kappa shape index (κ3) is 1.95. The van der Waals surface area contributed by atoms with E-state index < -0.39 is 0 Å². The number of aryl methyl sites for hydroxylation is 3. The number of nitrogens with zero attached hydrogens (tertiary/aromatic N) is 4. The van der Waals surface area contributed by atoms with Gasteiger partial charge in [0.2, 0.25) is 0 Å². The lowest BCUT2D eigenvalue weighted by Gasteiger charge is -2.10. The van der Waals surface area contributed by atoms with Gasteiger partial charge in [-0.25, -0.2) is 4.68 Å². The highest BCUT2D eigenvalue weighted by atomic mass is 16.3. The summed E-state index contributed by atoms with van der Waals surface area (Å²) in [5.74, 6) is 0.411. The van der Waals surface area contributed by atoms with Crippen LogP contribution in [0, 0.1) is 25.7 Å². The van der Waals surface area contributed by atoms with E-state index in [1.54, 1.807) is 0 Å². The van der Waals surface area contributed by atoms with Gasteiger partial charge in [0.05, 0.1) is 22.8 Å². The molecule has 5 nitrogen and oxygen atoms in total. The first-order chi connectivity index (χ1) is 9.11. The van der Waals surface area contributed by atoms with Crippen LogP contribution in [0.1, 0.15) is 41.4 Å². The van der Waals surface area contributed by atoms with Gasteiger partial charge in [-0.2, -0.15) is 5.10 Å². The third-order valence-corrected chi connectivity index (χ3v) is 3.54. The first-order valence-electron chi connectivity index (χ1n) is 6.48. The van der Waals surface area contributed by atoms with Crippen LogP contribution in [0.15, 0.2) is 17.4 Å². The zero-order valence-corrected chi connectivity index (χ0v) is 11.3. The van der Waals surface area contributed by atoms with Gasteiger partial charge < -0.3 is 0 Å². The van der Waals surface area contributed by atoms with Crippen LogP contribution < -0.4 is 0 Å². The van der Waals surface area contributed by atoms with Crippen molar-refractivity contribution in [2.75, 3.05) is 0 Å². The molecule has 0 amide bonds. The molecule has 5 heteroatoms. The van der Waals surface area contributed by atoms with Gasteiger partial charge in [0, 0.05) is 12.1 Å². The lowest BCUT2D eigenvalue weighted by molar-refractivity contribution is 0.787. The van der Waals surface area contributed by atoms with Crippen LogP contribution in [0.5, 0.6) is 0 Å². The molecule has 0 aliphatic heterocycles. The molecule has 2 aromatic heterocycles. The standard InChI is InChI=1S/C14H16N4O/c1-8-6-12(9(2)15-7-8)18-14(11-4-5-11)13(17-19)10(3)16-18/h6-7,11H,4-5H2,1-3H3. The summed E-state index contributed by atoms with van der Waals surface area (Å²) in [5, 5.41) is 7.67. The van der Waals surface area contributed by atoms with Gasteiger partial charge in [-0.1, -0.05) is 0 Å². The number of hydrogen-bond acceptors (Lipinski definition) is 4. The molecule has 3 rings (SSSR count). The highest BCUT2D eigenvalue weighted by Crippen LogP contribution is 2.46. The Morgan fingerprint density at radius 2 is 2.00 bits per heavy atom. The largest absolute Gasteiger partial charge is 0.259 e. The Morgan fingerprint density at radius 1 is 1.26 bits per heavy atom. The number of rotatable bonds is 3. The van der Waals surface area contributed by atoms with Gasteiger partial charge in [-0.15, -0.1) is 4.91 Å². The van der Waals surface area contributed by atoms with E-state index >= 15 is 0 Å². The summed E-state index contributed by atoms with van der Waals surface area (Å²) in [6, 6.07) is 2.05. The molecule has 2 aromatic rings. The summed E-state index contributed by atoms with van der Waals surface area (Å²) >= 11 is 0. The summed E-state index contributed by atoms with van der Waals surface area (Å²) in [4.78, 5) is 15.4. The monoisotopic (exact) mass is 256 g/mol. The van der Waals surface area contributed by atoms with Crippen molar-refractivity contribution in [2.45, 2.75) is 39.5 Å². The predicted molar refractivity (Wildman–Crippen MR) is 73.0 cm³/mol. The molecule has 2 heterocycles. The Labute approximate surface area is 111 Å². The second-order valence-electron chi connectivity index (χ2n) is 5.21. The van der Waals surface area contributed by atoms with E-state index in [9.17, 15) is 4.91 Å². The topological polar surface area (TPSA) is 60.1 Å². The van der Waals surface area contributed by atoms with Crippen molar-refractivity contribution in [2.24, 2.45) is 5.18 Å². The molecular formula is C14H16N4O. The van der Waals surface area contributed by atoms with Gasteiger partial charge in [-0.05, 0) is 50.4 Å². The molecule has 0 saturated heterocycles. The summed E-state index contributed by atoms with van der Waals surface area (Å²) in [6.07, 6.45) is 4.04. The first kappa shape index (κ1) is 12.0.